The second-order valence-corrected chi connectivity index (χ2v) is 6.43. The van der Waals surface area contributed by atoms with E-state index in [2.05, 4.69) is 17.1 Å². The van der Waals surface area contributed by atoms with E-state index in [1.165, 1.54) is 58.0 Å². The van der Waals surface area contributed by atoms with E-state index in [1.54, 1.807) is 0 Å². The zero-order valence-corrected chi connectivity index (χ0v) is 11.8. The van der Waals surface area contributed by atoms with Gasteiger partial charge < -0.3 is 10.1 Å². The van der Waals surface area contributed by atoms with Crippen molar-refractivity contribution < 1.29 is 4.74 Å². The highest BCUT2D eigenvalue weighted by Crippen LogP contribution is 2.43. The Labute approximate surface area is 111 Å². The largest absolute Gasteiger partial charge is 0.370 e. The summed E-state index contributed by atoms with van der Waals surface area (Å²) >= 11 is 0. The Hall–Kier alpha value is -0.120. The number of nitrogens with zero attached hydrogens (tertiary/aromatic N) is 1. The number of ether oxygens (including phenoxy) is 1. The van der Waals surface area contributed by atoms with E-state index in [0.29, 0.717) is 11.7 Å². The zero-order chi connectivity index (χ0) is 12.4. The summed E-state index contributed by atoms with van der Waals surface area (Å²) in [5.74, 6) is 0. The lowest BCUT2D eigenvalue weighted by molar-refractivity contribution is -0.0531. The Morgan fingerprint density at radius 1 is 1.28 bits per heavy atom. The molecule has 0 bridgehead atoms. The minimum Gasteiger partial charge on any atom is -0.370 e. The maximum Gasteiger partial charge on any atom is 0.0710 e. The van der Waals surface area contributed by atoms with Crippen LogP contribution in [-0.2, 0) is 4.74 Å². The minimum absolute atomic E-state index is 0.306. The maximum absolute atomic E-state index is 6.44. The van der Waals surface area contributed by atoms with Crippen LogP contribution in [0.1, 0.15) is 51.9 Å². The lowest BCUT2D eigenvalue weighted by Crippen LogP contribution is -2.53. The van der Waals surface area contributed by atoms with Gasteiger partial charge in [0.05, 0.1) is 11.7 Å². The molecule has 104 valence electrons. The fraction of sp³-hybridized carbons (Fsp3) is 1.00. The molecule has 3 rings (SSSR count). The number of hydrogen-bond donors (Lipinski definition) is 1. The maximum atomic E-state index is 6.44. The molecule has 3 heteroatoms. The fourth-order valence-corrected chi connectivity index (χ4v) is 4.12. The first-order valence-corrected chi connectivity index (χ1v) is 7.94. The third-order valence-corrected chi connectivity index (χ3v) is 5.23. The van der Waals surface area contributed by atoms with Gasteiger partial charge in [0.25, 0.3) is 0 Å². The van der Waals surface area contributed by atoms with Crippen molar-refractivity contribution in [2.24, 2.45) is 0 Å². The first kappa shape index (κ1) is 12.9. The first-order valence-electron chi connectivity index (χ1n) is 7.94. The van der Waals surface area contributed by atoms with E-state index in [4.69, 9.17) is 4.74 Å². The molecule has 0 aromatic rings. The van der Waals surface area contributed by atoms with Crippen molar-refractivity contribution >= 4 is 0 Å². The van der Waals surface area contributed by atoms with Crippen LogP contribution >= 0.6 is 0 Å². The second-order valence-electron chi connectivity index (χ2n) is 6.43. The highest BCUT2D eigenvalue weighted by Gasteiger charge is 2.42. The molecule has 2 unspecified atom stereocenters. The lowest BCUT2D eigenvalue weighted by Gasteiger charge is -2.37. The van der Waals surface area contributed by atoms with Gasteiger partial charge in [-0.25, -0.2) is 0 Å². The summed E-state index contributed by atoms with van der Waals surface area (Å²) in [6.07, 6.45) is 9.79. The Morgan fingerprint density at radius 2 is 2.11 bits per heavy atom. The monoisotopic (exact) mass is 252 g/mol. The second kappa shape index (κ2) is 5.48. The first-order chi connectivity index (χ1) is 8.81. The SMILES string of the molecule is CCC1CNCCN1CC1CCC2(CCCC2)O1. The molecule has 2 saturated heterocycles. The zero-order valence-electron chi connectivity index (χ0n) is 11.8. The van der Waals surface area contributed by atoms with Gasteiger partial charge in [0.15, 0.2) is 0 Å². The smallest absolute Gasteiger partial charge is 0.0710 e. The highest BCUT2D eigenvalue weighted by molar-refractivity contribution is 4.94. The van der Waals surface area contributed by atoms with E-state index in [0.717, 1.165) is 19.1 Å². The van der Waals surface area contributed by atoms with Crippen LogP contribution in [-0.4, -0.2) is 48.8 Å². The van der Waals surface area contributed by atoms with Crippen LogP contribution in [0.2, 0.25) is 0 Å². The van der Waals surface area contributed by atoms with Gasteiger partial charge in [-0.3, -0.25) is 4.90 Å². The van der Waals surface area contributed by atoms with Crippen LogP contribution in [0.15, 0.2) is 0 Å². The van der Waals surface area contributed by atoms with Gasteiger partial charge >= 0.3 is 0 Å². The van der Waals surface area contributed by atoms with Crippen LogP contribution in [0.25, 0.3) is 0 Å². The van der Waals surface area contributed by atoms with Crippen molar-refractivity contribution in [3.8, 4) is 0 Å². The predicted molar refractivity (Wildman–Crippen MR) is 73.8 cm³/mol. The fourth-order valence-electron chi connectivity index (χ4n) is 4.12. The van der Waals surface area contributed by atoms with Crippen molar-refractivity contribution in [2.75, 3.05) is 26.2 Å². The molecule has 3 fully saturated rings. The van der Waals surface area contributed by atoms with Crippen molar-refractivity contribution in [1.82, 2.24) is 10.2 Å². The van der Waals surface area contributed by atoms with Gasteiger partial charge in [0.2, 0.25) is 0 Å². The van der Waals surface area contributed by atoms with Gasteiger partial charge in [-0.2, -0.15) is 0 Å². The summed E-state index contributed by atoms with van der Waals surface area (Å²) in [4.78, 5) is 2.66. The molecule has 18 heavy (non-hydrogen) atoms. The highest BCUT2D eigenvalue weighted by atomic mass is 16.5. The van der Waals surface area contributed by atoms with Gasteiger partial charge in [-0.05, 0) is 32.1 Å². The number of piperazine rings is 1. The van der Waals surface area contributed by atoms with Crippen molar-refractivity contribution in [1.29, 1.82) is 0 Å². The van der Waals surface area contributed by atoms with Gasteiger partial charge in [-0.15, -0.1) is 0 Å². The Bertz CT molecular complexity index is 276. The third kappa shape index (κ3) is 2.59. The van der Waals surface area contributed by atoms with E-state index >= 15 is 0 Å². The van der Waals surface area contributed by atoms with Crippen molar-refractivity contribution in [2.45, 2.75) is 69.6 Å². The summed E-state index contributed by atoms with van der Waals surface area (Å²) in [6, 6.07) is 0.725. The molecule has 2 aliphatic heterocycles. The Morgan fingerprint density at radius 3 is 2.89 bits per heavy atom. The summed E-state index contributed by atoms with van der Waals surface area (Å²) in [5, 5.41) is 3.51. The molecular weight excluding hydrogens is 224 g/mol. The van der Waals surface area contributed by atoms with E-state index in [9.17, 15) is 0 Å². The molecule has 1 spiro atoms. The van der Waals surface area contributed by atoms with Crippen LogP contribution in [0.3, 0.4) is 0 Å². The van der Waals surface area contributed by atoms with Crippen LogP contribution in [0, 0.1) is 0 Å². The normalized spacial score (nSPS) is 36.5. The molecule has 0 amide bonds. The standard InChI is InChI=1S/C15H28N2O/c1-2-13-11-16-9-10-17(13)12-14-5-8-15(18-14)6-3-4-7-15/h13-14,16H,2-12H2,1H3. The van der Waals surface area contributed by atoms with E-state index < -0.39 is 0 Å². The molecule has 2 atom stereocenters. The summed E-state index contributed by atoms with van der Waals surface area (Å²) < 4.78 is 6.44. The van der Waals surface area contributed by atoms with E-state index in [-0.39, 0.29) is 0 Å². The van der Waals surface area contributed by atoms with Crippen molar-refractivity contribution in [3.05, 3.63) is 0 Å². The van der Waals surface area contributed by atoms with Crippen LogP contribution in [0.4, 0.5) is 0 Å². The number of rotatable bonds is 3. The Kier molecular flexibility index (Phi) is 3.92. The third-order valence-electron chi connectivity index (χ3n) is 5.23. The molecule has 3 nitrogen and oxygen atoms in total. The molecular formula is C15H28N2O. The molecule has 3 aliphatic rings. The molecule has 1 aliphatic carbocycles. The summed E-state index contributed by atoms with van der Waals surface area (Å²) in [7, 11) is 0. The predicted octanol–water partition coefficient (Wildman–Crippen LogP) is 2.16. The minimum atomic E-state index is 0.306. The van der Waals surface area contributed by atoms with Crippen LogP contribution < -0.4 is 5.32 Å². The Balaban J connectivity index is 1.53. The molecule has 1 N–H and O–H groups in total. The molecule has 0 aromatic carbocycles. The topological polar surface area (TPSA) is 24.5 Å². The van der Waals surface area contributed by atoms with Crippen LogP contribution in [0.5, 0.6) is 0 Å². The molecule has 2 heterocycles. The average molecular weight is 252 g/mol. The van der Waals surface area contributed by atoms with Gasteiger partial charge in [0, 0.05) is 32.2 Å². The van der Waals surface area contributed by atoms with Gasteiger partial charge in [-0.1, -0.05) is 19.8 Å². The molecule has 1 saturated carbocycles. The summed E-state index contributed by atoms with van der Waals surface area (Å²) in [6.45, 7) is 6.98. The van der Waals surface area contributed by atoms with E-state index in [1.807, 2.05) is 0 Å². The average Bonchev–Trinajstić information content (AvgIpc) is 3.01. The summed E-state index contributed by atoms with van der Waals surface area (Å²) in [5.41, 5.74) is 0.306. The molecule has 0 aromatic heterocycles. The van der Waals surface area contributed by atoms with Crippen molar-refractivity contribution in [3.63, 3.8) is 0 Å². The van der Waals surface area contributed by atoms with Gasteiger partial charge in [0.1, 0.15) is 0 Å². The quantitative estimate of drug-likeness (QED) is 0.833. The number of hydrogen-bond acceptors (Lipinski definition) is 3. The molecule has 0 radical (unpaired) electrons. The lowest BCUT2D eigenvalue weighted by atomic mass is 9.98. The number of nitrogens with one attached hydrogen (secondary N) is 1.